The normalized spacial score (nSPS) is 11.0. The lowest BCUT2D eigenvalue weighted by Gasteiger charge is -2.47. The molecule has 0 N–H and O–H groups in total. The van der Waals surface area contributed by atoms with Gasteiger partial charge in [0.1, 0.15) is 0 Å². The minimum atomic E-state index is -2.52. The van der Waals surface area contributed by atoms with E-state index in [0.29, 0.717) is 0 Å². The van der Waals surface area contributed by atoms with Gasteiger partial charge in [-0.3, -0.25) is 0 Å². The Labute approximate surface area is 180 Å². The molecule has 4 aromatic carbocycles. The van der Waals surface area contributed by atoms with Crippen LogP contribution in [-0.2, 0) is 0 Å². The SMILES string of the molecule is C=C[Si](C)(N(c1ccccc1)c1ccccc1)N(c1ccccc1)c1ccccc1. The van der Waals surface area contributed by atoms with E-state index in [1.54, 1.807) is 0 Å². The van der Waals surface area contributed by atoms with Crippen LogP contribution in [0.2, 0.25) is 6.55 Å². The molecule has 0 bridgehead atoms. The molecule has 4 rings (SSSR count). The van der Waals surface area contributed by atoms with Crippen LogP contribution in [-0.4, -0.2) is 8.40 Å². The highest BCUT2D eigenvalue weighted by Crippen LogP contribution is 2.39. The number of para-hydroxylation sites is 4. The molecule has 4 aromatic rings. The second-order valence-corrected chi connectivity index (χ2v) is 10.8. The number of anilines is 4. The van der Waals surface area contributed by atoms with Crippen LogP contribution in [0.5, 0.6) is 0 Å². The van der Waals surface area contributed by atoms with Gasteiger partial charge in [-0.15, -0.1) is 6.58 Å². The summed E-state index contributed by atoms with van der Waals surface area (Å²) < 4.78 is 4.94. The summed E-state index contributed by atoms with van der Waals surface area (Å²) in [5, 5.41) is 0. The van der Waals surface area contributed by atoms with Gasteiger partial charge >= 0.3 is 0 Å². The summed E-state index contributed by atoms with van der Waals surface area (Å²) in [6.07, 6.45) is 0. The van der Waals surface area contributed by atoms with E-state index in [1.807, 2.05) is 0 Å². The molecular formula is C27H26N2Si. The maximum atomic E-state index is 4.35. The van der Waals surface area contributed by atoms with E-state index in [4.69, 9.17) is 0 Å². The predicted molar refractivity (Wildman–Crippen MR) is 132 cm³/mol. The van der Waals surface area contributed by atoms with Gasteiger partial charge in [-0.05, 0) is 55.1 Å². The average molecular weight is 407 g/mol. The van der Waals surface area contributed by atoms with E-state index in [9.17, 15) is 0 Å². The number of rotatable bonds is 7. The Bertz CT molecular complexity index is 905. The Hall–Kier alpha value is -3.56. The van der Waals surface area contributed by atoms with Gasteiger partial charge in [0.05, 0.1) is 0 Å². The van der Waals surface area contributed by atoms with E-state index in [2.05, 4.69) is 149 Å². The van der Waals surface area contributed by atoms with Crippen LogP contribution < -0.4 is 9.13 Å². The second-order valence-electron chi connectivity index (χ2n) is 7.31. The van der Waals surface area contributed by atoms with Crippen LogP contribution >= 0.6 is 0 Å². The molecule has 0 saturated carbocycles. The van der Waals surface area contributed by atoms with Crippen molar-refractivity contribution in [3.05, 3.63) is 134 Å². The molecule has 0 amide bonds. The number of hydrogen-bond donors (Lipinski definition) is 0. The van der Waals surface area contributed by atoms with Crippen LogP contribution in [0.1, 0.15) is 0 Å². The van der Waals surface area contributed by atoms with Crippen LogP contribution in [0, 0.1) is 0 Å². The fraction of sp³-hybridized carbons (Fsp3) is 0.0370. The second kappa shape index (κ2) is 8.85. The Balaban J connectivity index is 1.97. The number of benzene rings is 4. The van der Waals surface area contributed by atoms with E-state index < -0.39 is 8.40 Å². The molecule has 0 atom stereocenters. The van der Waals surface area contributed by atoms with E-state index in [0.717, 1.165) is 22.7 Å². The lowest BCUT2D eigenvalue weighted by atomic mass is 10.2. The summed E-state index contributed by atoms with van der Waals surface area (Å²) in [6.45, 7) is 6.70. The van der Waals surface area contributed by atoms with Gasteiger partial charge in [0.25, 0.3) is 8.40 Å². The molecule has 0 spiro atoms. The zero-order valence-corrected chi connectivity index (χ0v) is 18.2. The first-order valence-corrected chi connectivity index (χ1v) is 12.7. The molecule has 0 aliphatic carbocycles. The molecule has 2 nitrogen and oxygen atoms in total. The molecule has 3 heteroatoms. The maximum Gasteiger partial charge on any atom is 0.295 e. The highest BCUT2D eigenvalue weighted by atomic mass is 28.3. The molecular weight excluding hydrogens is 380 g/mol. The Kier molecular flexibility index (Phi) is 5.82. The average Bonchev–Trinajstić information content (AvgIpc) is 2.82. The Morgan fingerprint density at radius 1 is 0.500 bits per heavy atom. The van der Waals surface area contributed by atoms with Gasteiger partial charge in [-0.2, -0.15) is 0 Å². The van der Waals surface area contributed by atoms with Gasteiger partial charge in [0.15, 0.2) is 0 Å². The van der Waals surface area contributed by atoms with Crippen molar-refractivity contribution in [3.63, 3.8) is 0 Å². The van der Waals surface area contributed by atoms with Crippen molar-refractivity contribution in [1.82, 2.24) is 0 Å². The molecule has 0 fully saturated rings. The molecule has 0 radical (unpaired) electrons. The van der Waals surface area contributed by atoms with Crippen LogP contribution in [0.3, 0.4) is 0 Å². The van der Waals surface area contributed by atoms with Crippen molar-refractivity contribution < 1.29 is 0 Å². The van der Waals surface area contributed by atoms with Crippen molar-refractivity contribution >= 4 is 31.1 Å². The number of hydrogen-bond acceptors (Lipinski definition) is 2. The first-order valence-electron chi connectivity index (χ1n) is 10.2. The van der Waals surface area contributed by atoms with Crippen molar-refractivity contribution in [1.29, 1.82) is 0 Å². The summed E-state index contributed by atoms with van der Waals surface area (Å²) in [5.74, 6) is 0. The van der Waals surface area contributed by atoms with E-state index in [1.165, 1.54) is 0 Å². The highest BCUT2D eigenvalue weighted by Gasteiger charge is 2.41. The summed E-state index contributed by atoms with van der Waals surface area (Å²) in [4.78, 5) is 0. The van der Waals surface area contributed by atoms with Crippen LogP contribution in [0.25, 0.3) is 0 Å². The van der Waals surface area contributed by atoms with Gasteiger partial charge < -0.3 is 9.13 Å². The molecule has 148 valence electrons. The van der Waals surface area contributed by atoms with Crippen LogP contribution in [0.15, 0.2) is 134 Å². The van der Waals surface area contributed by atoms with Gasteiger partial charge in [-0.25, -0.2) is 0 Å². The van der Waals surface area contributed by atoms with Crippen molar-refractivity contribution in [3.8, 4) is 0 Å². The molecule has 0 aromatic heterocycles. The first-order chi connectivity index (χ1) is 14.7. The largest absolute Gasteiger partial charge is 0.347 e. The fourth-order valence-electron chi connectivity index (χ4n) is 3.93. The summed E-state index contributed by atoms with van der Waals surface area (Å²) >= 11 is 0. The summed E-state index contributed by atoms with van der Waals surface area (Å²) in [5.41, 5.74) is 6.81. The summed E-state index contributed by atoms with van der Waals surface area (Å²) in [6, 6.07) is 42.4. The highest BCUT2D eigenvalue weighted by molar-refractivity contribution is 6.91. The quantitative estimate of drug-likeness (QED) is 0.294. The topological polar surface area (TPSA) is 6.48 Å². The molecule has 0 aliphatic heterocycles. The molecule has 30 heavy (non-hydrogen) atoms. The van der Waals surface area contributed by atoms with Gasteiger partial charge in [0, 0.05) is 22.7 Å². The maximum absolute atomic E-state index is 4.35. The van der Waals surface area contributed by atoms with E-state index in [-0.39, 0.29) is 0 Å². The minimum absolute atomic E-state index is 1.16. The van der Waals surface area contributed by atoms with E-state index >= 15 is 0 Å². The monoisotopic (exact) mass is 406 g/mol. The smallest absolute Gasteiger partial charge is 0.295 e. The predicted octanol–water partition coefficient (Wildman–Crippen LogP) is 7.46. The summed E-state index contributed by atoms with van der Waals surface area (Å²) in [7, 11) is -2.52. The zero-order chi connectivity index (χ0) is 20.8. The lowest BCUT2D eigenvalue weighted by Crippen LogP contribution is -2.60. The molecule has 0 heterocycles. The first kappa shape index (κ1) is 19.7. The van der Waals surface area contributed by atoms with Crippen molar-refractivity contribution in [2.24, 2.45) is 0 Å². The third-order valence-corrected chi connectivity index (χ3v) is 8.97. The third kappa shape index (κ3) is 3.80. The fourth-order valence-corrected chi connectivity index (χ4v) is 7.19. The minimum Gasteiger partial charge on any atom is -0.347 e. The third-order valence-electron chi connectivity index (χ3n) is 5.35. The molecule has 0 unspecified atom stereocenters. The molecule has 0 aliphatic rings. The Morgan fingerprint density at radius 3 is 0.933 bits per heavy atom. The Morgan fingerprint density at radius 2 is 0.733 bits per heavy atom. The molecule has 0 saturated heterocycles. The van der Waals surface area contributed by atoms with Crippen LogP contribution in [0.4, 0.5) is 22.7 Å². The van der Waals surface area contributed by atoms with Crippen molar-refractivity contribution in [2.45, 2.75) is 6.55 Å². The number of nitrogens with zero attached hydrogens (tertiary/aromatic N) is 2. The standard InChI is InChI=1S/C27H26N2Si/c1-3-30(2,28(24-16-8-4-9-17-24)25-18-10-5-11-19-25)29(26-20-12-6-13-21-26)27-22-14-7-15-23-27/h3-23H,1H2,2H3. The van der Waals surface area contributed by atoms with Gasteiger partial charge in [0.2, 0.25) is 0 Å². The lowest BCUT2D eigenvalue weighted by molar-refractivity contribution is 1.24. The van der Waals surface area contributed by atoms with Gasteiger partial charge in [-0.1, -0.05) is 78.5 Å². The van der Waals surface area contributed by atoms with Crippen molar-refractivity contribution in [2.75, 3.05) is 9.13 Å². The zero-order valence-electron chi connectivity index (χ0n) is 17.2.